The highest BCUT2D eigenvalue weighted by Crippen LogP contribution is 2.35. The molecule has 0 spiro atoms. The van der Waals surface area contributed by atoms with E-state index in [-0.39, 0.29) is 0 Å². The zero-order valence-corrected chi connectivity index (χ0v) is 15.8. The van der Waals surface area contributed by atoms with Gasteiger partial charge < -0.3 is 0 Å². The van der Waals surface area contributed by atoms with Crippen molar-refractivity contribution in [3.63, 3.8) is 0 Å². The summed E-state index contributed by atoms with van der Waals surface area (Å²) in [6.45, 7) is 4.98. The molecule has 124 valence electrons. The van der Waals surface area contributed by atoms with Gasteiger partial charge in [0.25, 0.3) is 0 Å². The van der Waals surface area contributed by atoms with Crippen LogP contribution in [-0.2, 0) is 0 Å². The van der Waals surface area contributed by atoms with Crippen LogP contribution in [-0.4, -0.2) is 17.6 Å². The molecule has 0 amide bonds. The third kappa shape index (κ3) is 1.55. The fourth-order valence-corrected chi connectivity index (χ4v) is 8.23. The Labute approximate surface area is 152 Å². The minimum atomic E-state index is -1.84. The molecule has 3 heteroatoms. The molecule has 0 aliphatic carbocycles. The van der Waals surface area contributed by atoms with Crippen molar-refractivity contribution >= 4 is 51.2 Å². The predicted molar refractivity (Wildman–Crippen MR) is 113 cm³/mol. The van der Waals surface area contributed by atoms with E-state index in [0.29, 0.717) is 0 Å². The van der Waals surface area contributed by atoms with Gasteiger partial charge in [0.15, 0.2) is 0 Å². The van der Waals surface area contributed by atoms with Gasteiger partial charge in [-0.15, -0.1) is 0 Å². The lowest BCUT2D eigenvalue weighted by Gasteiger charge is -2.34. The van der Waals surface area contributed by atoms with Crippen molar-refractivity contribution < 1.29 is 0 Å². The molecule has 2 nitrogen and oxygen atoms in total. The maximum absolute atomic E-state index is 4.77. The van der Waals surface area contributed by atoms with Gasteiger partial charge in [-0.1, -0.05) is 61.6 Å². The first-order chi connectivity index (χ1) is 12.7. The number of hydrogen-bond donors (Lipinski definition) is 0. The van der Waals surface area contributed by atoms with Gasteiger partial charge in [0.05, 0.1) is 5.52 Å². The summed E-state index contributed by atoms with van der Waals surface area (Å²) in [5.74, 6) is 0. The Kier molecular flexibility index (Phi) is 2.54. The third-order valence-electron chi connectivity index (χ3n) is 5.99. The van der Waals surface area contributed by atoms with Gasteiger partial charge in [-0.05, 0) is 39.3 Å². The van der Waals surface area contributed by atoms with Crippen LogP contribution in [0.1, 0.15) is 0 Å². The average molecular weight is 350 g/mol. The molecule has 0 saturated carbocycles. The maximum Gasteiger partial charge on any atom is 0.145 e. The molecule has 2 aromatic heterocycles. The summed E-state index contributed by atoms with van der Waals surface area (Å²) in [6.07, 6.45) is 1.91. The van der Waals surface area contributed by atoms with Crippen LogP contribution in [0.15, 0.2) is 72.9 Å². The van der Waals surface area contributed by atoms with Gasteiger partial charge >= 0.3 is 0 Å². The van der Waals surface area contributed by atoms with E-state index in [1.807, 2.05) is 12.3 Å². The van der Waals surface area contributed by atoms with E-state index in [1.165, 1.54) is 43.1 Å². The summed E-state index contributed by atoms with van der Waals surface area (Å²) in [4.78, 5) is 4.77. The summed E-state index contributed by atoms with van der Waals surface area (Å²) >= 11 is 0. The van der Waals surface area contributed by atoms with Gasteiger partial charge in [-0.25, -0.2) is 4.98 Å². The van der Waals surface area contributed by atoms with Crippen LogP contribution < -0.4 is 10.4 Å². The Hall–Kier alpha value is -2.91. The smallest absolute Gasteiger partial charge is 0.145 e. The molecule has 3 heterocycles. The standard InChI is InChI=1S/C23H18N2Si/c1-26(2)20-11-5-9-17-18-10-6-14-24-23(18)25(21(17)20)19-13-12-15-7-3-4-8-16(15)22(19)26/h3-14H,1-2H3. The highest BCUT2D eigenvalue weighted by molar-refractivity contribution is 7.04. The summed E-state index contributed by atoms with van der Waals surface area (Å²) < 4.78 is 2.40. The Morgan fingerprint density at radius 2 is 1.58 bits per heavy atom. The van der Waals surface area contributed by atoms with Crippen molar-refractivity contribution in [2.24, 2.45) is 0 Å². The van der Waals surface area contributed by atoms with E-state index in [1.54, 1.807) is 0 Å². The number of aromatic nitrogens is 2. The van der Waals surface area contributed by atoms with Gasteiger partial charge in [0.2, 0.25) is 0 Å². The van der Waals surface area contributed by atoms with E-state index >= 15 is 0 Å². The number of pyridine rings is 1. The van der Waals surface area contributed by atoms with E-state index < -0.39 is 8.07 Å². The fourth-order valence-electron chi connectivity index (χ4n) is 4.87. The molecule has 0 N–H and O–H groups in total. The minimum Gasteiger partial charge on any atom is -0.294 e. The predicted octanol–water partition coefficient (Wildman–Crippen LogP) is 4.47. The lowest BCUT2D eigenvalue weighted by Crippen LogP contribution is -2.57. The van der Waals surface area contributed by atoms with E-state index in [9.17, 15) is 0 Å². The fraction of sp³-hybridized carbons (Fsp3) is 0.0870. The lowest BCUT2D eigenvalue weighted by atomic mass is 10.1. The molecule has 5 aromatic rings. The third-order valence-corrected chi connectivity index (χ3v) is 9.52. The first-order valence-corrected chi connectivity index (χ1v) is 12.1. The largest absolute Gasteiger partial charge is 0.294 e. The highest BCUT2D eigenvalue weighted by Gasteiger charge is 2.38. The van der Waals surface area contributed by atoms with Gasteiger partial charge in [-0.2, -0.15) is 0 Å². The number of fused-ring (bicyclic) bond motifs is 7. The van der Waals surface area contributed by atoms with E-state index in [2.05, 4.69) is 78.3 Å². The van der Waals surface area contributed by atoms with Gasteiger partial charge in [0, 0.05) is 22.7 Å². The quantitative estimate of drug-likeness (QED) is 0.377. The molecule has 0 unspecified atom stereocenters. The maximum atomic E-state index is 4.77. The molecule has 1 aliphatic rings. The van der Waals surface area contributed by atoms with Gasteiger partial charge in [0.1, 0.15) is 13.7 Å². The SMILES string of the molecule is C[Si]1(C)c2c(ccc3ccccc23)-n2c3ncccc3c3cccc1c32. The zero-order chi connectivity index (χ0) is 17.5. The molecule has 1 aliphatic heterocycles. The molecular weight excluding hydrogens is 332 g/mol. The van der Waals surface area contributed by atoms with Crippen molar-refractivity contribution in [3.05, 3.63) is 72.9 Å². The van der Waals surface area contributed by atoms with Crippen LogP contribution in [0.5, 0.6) is 0 Å². The van der Waals surface area contributed by atoms with Crippen LogP contribution in [0, 0.1) is 0 Å². The summed E-state index contributed by atoms with van der Waals surface area (Å²) in [5.41, 5.74) is 3.74. The Morgan fingerprint density at radius 3 is 2.50 bits per heavy atom. The van der Waals surface area contributed by atoms with Gasteiger partial charge in [-0.3, -0.25) is 4.57 Å². The molecular formula is C23H18N2Si. The number of rotatable bonds is 0. The monoisotopic (exact) mass is 350 g/mol. The van der Waals surface area contributed by atoms with Crippen molar-refractivity contribution in [1.29, 1.82) is 0 Å². The van der Waals surface area contributed by atoms with Crippen molar-refractivity contribution in [2.45, 2.75) is 13.1 Å². The summed E-state index contributed by atoms with van der Waals surface area (Å²) in [5, 5.41) is 8.32. The molecule has 0 fully saturated rings. The second kappa shape index (κ2) is 4.62. The lowest BCUT2D eigenvalue weighted by molar-refractivity contribution is 1.14. The second-order valence-corrected chi connectivity index (χ2v) is 12.0. The first-order valence-electron chi connectivity index (χ1n) is 9.09. The molecule has 0 bridgehead atoms. The Morgan fingerprint density at radius 1 is 0.769 bits per heavy atom. The zero-order valence-electron chi connectivity index (χ0n) is 14.8. The average Bonchev–Trinajstić information content (AvgIpc) is 3.01. The molecule has 0 atom stereocenters. The summed E-state index contributed by atoms with van der Waals surface area (Å²) in [6, 6.07) is 24.4. The first kappa shape index (κ1) is 14.3. The Bertz CT molecular complexity index is 1360. The number of benzene rings is 3. The second-order valence-electron chi connectivity index (χ2n) is 7.72. The van der Waals surface area contributed by atoms with Crippen molar-refractivity contribution in [1.82, 2.24) is 9.55 Å². The minimum absolute atomic E-state index is 1.07. The number of para-hydroxylation sites is 1. The topological polar surface area (TPSA) is 17.8 Å². The van der Waals surface area contributed by atoms with Crippen LogP contribution in [0.25, 0.3) is 38.4 Å². The summed E-state index contributed by atoms with van der Waals surface area (Å²) in [7, 11) is -1.84. The van der Waals surface area contributed by atoms with Crippen LogP contribution in [0.3, 0.4) is 0 Å². The number of hydrogen-bond acceptors (Lipinski definition) is 1. The Balaban J connectivity index is 1.95. The highest BCUT2D eigenvalue weighted by atomic mass is 28.3. The molecule has 0 saturated heterocycles. The van der Waals surface area contributed by atoms with Crippen LogP contribution in [0.2, 0.25) is 13.1 Å². The van der Waals surface area contributed by atoms with Crippen molar-refractivity contribution in [2.75, 3.05) is 0 Å². The van der Waals surface area contributed by atoms with Crippen LogP contribution >= 0.6 is 0 Å². The molecule has 6 rings (SSSR count). The van der Waals surface area contributed by atoms with Crippen LogP contribution in [0.4, 0.5) is 0 Å². The van der Waals surface area contributed by atoms with E-state index in [4.69, 9.17) is 4.98 Å². The normalized spacial score (nSPS) is 14.8. The number of nitrogens with zero attached hydrogens (tertiary/aromatic N) is 2. The molecule has 3 aromatic carbocycles. The molecule has 0 radical (unpaired) electrons. The molecule has 26 heavy (non-hydrogen) atoms. The van der Waals surface area contributed by atoms with Crippen molar-refractivity contribution in [3.8, 4) is 5.69 Å². The van der Waals surface area contributed by atoms with E-state index in [0.717, 1.165) is 5.65 Å².